The van der Waals surface area contributed by atoms with Crippen LogP contribution in [0.3, 0.4) is 0 Å². The number of rotatable bonds is 5. The molecule has 0 saturated carbocycles. The van der Waals surface area contributed by atoms with Crippen molar-refractivity contribution in [2.24, 2.45) is 12.8 Å². The summed E-state index contributed by atoms with van der Waals surface area (Å²) in [7, 11) is 1.74. The van der Waals surface area contributed by atoms with Crippen molar-refractivity contribution in [2.45, 2.75) is 11.7 Å². The third kappa shape index (κ3) is 3.58. The molecule has 1 aliphatic rings. The molecule has 8 nitrogen and oxygen atoms in total. The lowest BCUT2D eigenvalue weighted by Gasteiger charge is -2.37. The second-order valence-corrected chi connectivity index (χ2v) is 6.81. The number of benzene rings is 1. The van der Waals surface area contributed by atoms with E-state index in [1.54, 1.807) is 17.9 Å². The zero-order valence-electron chi connectivity index (χ0n) is 14.9. The number of ether oxygens (including phenoxy) is 1. The van der Waals surface area contributed by atoms with Gasteiger partial charge in [-0.15, -0.1) is 0 Å². The summed E-state index contributed by atoms with van der Waals surface area (Å²) < 4.78 is 45.0. The van der Waals surface area contributed by atoms with Gasteiger partial charge in [-0.3, -0.25) is 4.68 Å². The van der Waals surface area contributed by atoms with E-state index in [1.165, 1.54) is 12.1 Å². The number of hydrogen-bond donors (Lipinski definition) is 3. The number of aryl methyl sites for hydroxylation is 1. The molecule has 0 bridgehead atoms. The number of nitrogens with one attached hydrogen (secondary N) is 2. The lowest BCUT2D eigenvalue weighted by atomic mass is 10.00. The predicted octanol–water partition coefficient (Wildman–Crippen LogP) is 2.27. The van der Waals surface area contributed by atoms with E-state index in [0.29, 0.717) is 48.2 Å². The quantitative estimate of drug-likeness (QED) is 0.611. The zero-order chi connectivity index (χ0) is 19.9. The Morgan fingerprint density at radius 2 is 1.93 bits per heavy atom. The van der Waals surface area contributed by atoms with Gasteiger partial charge in [0.1, 0.15) is 5.82 Å². The van der Waals surface area contributed by atoms with Crippen LogP contribution in [-0.2, 0) is 18.0 Å². The highest BCUT2D eigenvalue weighted by Gasteiger charge is 2.34. The molecule has 28 heavy (non-hydrogen) atoms. The smallest absolute Gasteiger partial charge is 0.377 e. The van der Waals surface area contributed by atoms with Crippen LogP contribution in [0.15, 0.2) is 30.5 Å². The van der Waals surface area contributed by atoms with Crippen molar-refractivity contribution in [1.29, 1.82) is 0 Å². The first-order valence-corrected chi connectivity index (χ1v) is 8.48. The van der Waals surface area contributed by atoms with Gasteiger partial charge in [0.25, 0.3) is 0 Å². The van der Waals surface area contributed by atoms with E-state index in [2.05, 4.69) is 25.7 Å². The molecular weight excluding hydrogens is 375 g/mol. The number of anilines is 3. The van der Waals surface area contributed by atoms with Crippen LogP contribution in [0.2, 0.25) is 0 Å². The molecule has 2 aromatic heterocycles. The highest BCUT2D eigenvalue weighted by Crippen LogP contribution is 2.31. The maximum absolute atomic E-state index is 12.7. The number of hydrogen-bond acceptors (Lipinski definition) is 7. The topological polar surface area (TPSA) is 103 Å². The van der Waals surface area contributed by atoms with E-state index in [9.17, 15) is 13.2 Å². The third-order valence-electron chi connectivity index (χ3n) is 4.44. The Bertz CT molecular complexity index is 996. The normalized spacial score (nSPS) is 16.0. The maximum atomic E-state index is 12.7. The fourth-order valence-electron chi connectivity index (χ4n) is 2.80. The van der Waals surface area contributed by atoms with Gasteiger partial charge in [-0.05, 0) is 24.3 Å². The molecule has 1 saturated heterocycles. The first-order valence-electron chi connectivity index (χ1n) is 8.48. The standard InChI is InChI=1S/C17H18F3N7O/c1-27-14-12(6-23-27)13(24-11-4-2-10(3-5-11)17(18,19)20)25-15(26-14)22-7-16(21)8-28-9-16/h2-6H,7-9,21H2,1H3,(H2,22,24,25,26). The molecule has 0 aliphatic carbocycles. The molecule has 1 aromatic carbocycles. The molecule has 148 valence electrons. The van der Waals surface area contributed by atoms with E-state index >= 15 is 0 Å². The molecule has 4 rings (SSSR count). The van der Waals surface area contributed by atoms with Crippen molar-refractivity contribution in [3.8, 4) is 0 Å². The highest BCUT2D eigenvalue weighted by atomic mass is 19.4. The number of halogens is 3. The highest BCUT2D eigenvalue weighted by molar-refractivity contribution is 5.89. The summed E-state index contributed by atoms with van der Waals surface area (Å²) in [5, 5.41) is 10.9. The summed E-state index contributed by atoms with van der Waals surface area (Å²) in [4.78, 5) is 8.87. The first kappa shape index (κ1) is 18.4. The molecule has 0 amide bonds. The van der Waals surface area contributed by atoms with Gasteiger partial charge < -0.3 is 21.1 Å². The third-order valence-corrected chi connectivity index (χ3v) is 4.44. The van der Waals surface area contributed by atoms with Gasteiger partial charge in [0, 0.05) is 19.3 Å². The van der Waals surface area contributed by atoms with Crippen molar-refractivity contribution >= 4 is 28.5 Å². The molecule has 0 unspecified atom stereocenters. The Morgan fingerprint density at radius 3 is 2.54 bits per heavy atom. The number of alkyl halides is 3. The van der Waals surface area contributed by atoms with Crippen LogP contribution in [0.5, 0.6) is 0 Å². The van der Waals surface area contributed by atoms with Crippen molar-refractivity contribution in [2.75, 3.05) is 30.4 Å². The monoisotopic (exact) mass is 393 g/mol. The molecule has 0 atom stereocenters. The summed E-state index contributed by atoms with van der Waals surface area (Å²) in [6.45, 7) is 1.32. The SMILES string of the molecule is Cn1ncc2c(Nc3ccc(C(F)(F)F)cc3)nc(NCC3(N)COC3)nc21. The van der Waals surface area contributed by atoms with Crippen LogP contribution in [0.1, 0.15) is 5.56 Å². The van der Waals surface area contributed by atoms with E-state index in [4.69, 9.17) is 10.5 Å². The number of nitrogens with two attached hydrogens (primary N) is 1. The maximum Gasteiger partial charge on any atom is 0.416 e. The molecule has 3 aromatic rings. The molecular formula is C17H18F3N7O. The van der Waals surface area contributed by atoms with Crippen molar-refractivity contribution < 1.29 is 17.9 Å². The summed E-state index contributed by atoms with van der Waals surface area (Å²) >= 11 is 0. The van der Waals surface area contributed by atoms with Crippen LogP contribution in [0.4, 0.5) is 30.6 Å². The van der Waals surface area contributed by atoms with E-state index in [0.717, 1.165) is 12.1 Å². The molecule has 1 fully saturated rings. The summed E-state index contributed by atoms with van der Waals surface area (Å²) in [5.41, 5.74) is 5.97. The number of nitrogens with zero attached hydrogens (tertiary/aromatic N) is 4. The van der Waals surface area contributed by atoms with Crippen molar-refractivity contribution in [3.05, 3.63) is 36.0 Å². The average molecular weight is 393 g/mol. The largest absolute Gasteiger partial charge is 0.416 e. The molecule has 4 N–H and O–H groups in total. The minimum atomic E-state index is -4.38. The predicted molar refractivity (Wildman–Crippen MR) is 97.3 cm³/mol. The van der Waals surface area contributed by atoms with Gasteiger partial charge in [0.05, 0.1) is 35.9 Å². The molecule has 0 radical (unpaired) electrons. The Hall–Kier alpha value is -2.92. The fourth-order valence-corrected chi connectivity index (χ4v) is 2.80. The molecule has 3 heterocycles. The summed E-state index contributed by atoms with van der Waals surface area (Å²) in [5.74, 6) is 0.763. The lowest BCUT2D eigenvalue weighted by Crippen LogP contribution is -2.61. The second-order valence-electron chi connectivity index (χ2n) is 6.81. The van der Waals surface area contributed by atoms with Crippen LogP contribution in [-0.4, -0.2) is 45.0 Å². The molecule has 1 aliphatic heterocycles. The lowest BCUT2D eigenvalue weighted by molar-refractivity contribution is -0.137. The number of fused-ring (bicyclic) bond motifs is 1. The summed E-state index contributed by atoms with van der Waals surface area (Å²) in [6, 6.07) is 4.72. The Morgan fingerprint density at radius 1 is 1.21 bits per heavy atom. The van der Waals surface area contributed by atoms with Gasteiger partial charge >= 0.3 is 6.18 Å². The van der Waals surface area contributed by atoms with Crippen LogP contribution in [0, 0.1) is 0 Å². The average Bonchev–Trinajstić information content (AvgIpc) is 2.99. The zero-order valence-corrected chi connectivity index (χ0v) is 14.9. The van der Waals surface area contributed by atoms with Crippen molar-refractivity contribution in [3.63, 3.8) is 0 Å². The van der Waals surface area contributed by atoms with Crippen LogP contribution in [0.25, 0.3) is 11.0 Å². The summed E-state index contributed by atoms with van der Waals surface area (Å²) in [6.07, 6.45) is -2.79. The Labute approximate surface area is 157 Å². The van der Waals surface area contributed by atoms with Gasteiger partial charge in [-0.25, -0.2) is 0 Å². The van der Waals surface area contributed by atoms with Crippen LogP contribution >= 0.6 is 0 Å². The Balaban J connectivity index is 1.61. The van der Waals surface area contributed by atoms with Gasteiger partial charge in [-0.1, -0.05) is 0 Å². The minimum absolute atomic E-state index is 0.335. The number of aromatic nitrogens is 4. The van der Waals surface area contributed by atoms with E-state index in [1.807, 2.05) is 0 Å². The molecule has 11 heteroatoms. The first-order chi connectivity index (χ1) is 13.2. The second kappa shape index (κ2) is 6.60. The molecule has 0 spiro atoms. The van der Waals surface area contributed by atoms with Crippen molar-refractivity contribution in [1.82, 2.24) is 19.7 Å². The Kier molecular flexibility index (Phi) is 4.35. The van der Waals surface area contributed by atoms with E-state index < -0.39 is 17.3 Å². The van der Waals surface area contributed by atoms with Gasteiger partial charge in [0.2, 0.25) is 5.95 Å². The van der Waals surface area contributed by atoms with Gasteiger partial charge in [-0.2, -0.15) is 28.2 Å². The van der Waals surface area contributed by atoms with E-state index in [-0.39, 0.29) is 0 Å². The van der Waals surface area contributed by atoms with Crippen LogP contribution < -0.4 is 16.4 Å². The minimum Gasteiger partial charge on any atom is -0.377 e. The fraction of sp³-hybridized carbons (Fsp3) is 0.353. The van der Waals surface area contributed by atoms with Gasteiger partial charge in [0.15, 0.2) is 5.65 Å².